The number of likely N-dealkylation sites (tertiary alicyclic amines) is 2. The molecular formula is C12H23N3. The lowest BCUT2D eigenvalue weighted by molar-refractivity contribution is 0.00884. The molecule has 0 radical (unpaired) electrons. The first kappa shape index (κ1) is 10.1. The molecular weight excluding hydrogens is 186 g/mol. The number of nitrogens with one attached hydrogen (secondary N) is 1. The van der Waals surface area contributed by atoms with Crippen LogP contribution in [0, 0.1) is 11.8 Å². The van der Waals surface area contributed by atoms with Crippen LogP contribution in [0.2, 0.25) is 0 Å². The highest BCUT2D eigenvalue weighted by Gasteiger charge is 2.44. The molecule has 2 heterocycles. The third-order valence-corrected chi connectivity index (χ3v) is 4.44. The summed E-state index contributed by atoms with van der Waals surface area (Å²) in [5, 5.41) is 3.55. The SMILES string of the molecule is CNC1C2CN(C)CC1CN(C1CC1)C2. The minimum absolute atomic E-state index is 0.774. The Kier molecular flexibility index (Phi) is 2.49. The first-order valence-corrected chi connectivity index (χ1v) is 6.38. The van der Waals surface area contributed by atoms with Crippen molar-refractivity contribution in [3.63, 3.8) is 0 Å². The van der Waals surface area contributed by atoms with E-state index in [1.807, 2.05) is 0 Å². The number of hydrogen-bond donors (Lipinski definition) is 1. The van der Waals surface area contributed by atoms with E-state index in [2.05, 4.69) is 29.2 Å². The third kappa shape index (κ3) is 1.81. The second-order valence-corrected chi connectivity index (χ2v) is 5.74. The normalized spacial score (nSPS) is 43.2. The Labute approximate surface area is 92.8 Å². The summed E-state index contributed by atoms with van der Waals surface area (Å²) in [4.78, 5) is 5.28. The lowest BCUT2D eigenvalue weighted by Crippen LogP contribution is -2.63. The number of fused-ring (bicyclic) bond motifs is 2. The summed E-state index contributed by atoms with van der Waals surface area (Å²) in [7, 11) is 4.42. The van der Waals surface area contributed by atoms with E-state index >= 15 is 0 Å². The van der Waals surface area contributed by atoms with Crippen molar-refractivity contribution in [2.24, 2.45) is 11.8 Å². The van der Waals surface area contributed by atoms with Gasteiger partial charge in [-0.3, -0.25) is 4.90 Å². The molecule has 0 amide bonds. The zero-order valence-corrected chi connectivity index (χ0v) is 9.95. The van der Waals surface area contributed by atoms with Crippen LogP contribution in [0.5, 0.6) is 0 Å². The van der Waals surface area contributed by atoms with Gasteiger partial charge in [0.25, 0.3) is 0 Å². The summed E-state index contributed by atoms with van der Waals surface area (Å²) >= 11 is 0. The average molecular weight is 209 g/mol. The van der Waals surface area contributed by atoms with Gasteiger partial charge in [0, 0.05) is 38.3 Å². The Balaban J connectivity index is 1.72. The average Bonchev–Trinajstić information content (AvgIpc) is 2.98. The highest BCUT2D eigenvalue weighted by atomic mass is 15.2. The van der Waals surface area contributed by atoms with E-state index in [0.717, 1.165) is 23.9 Å². The summed E-state index contributed by atoms with van der Waals surface area (Å²) in [6.07, 6.45) is 2.92. The van der Waals surface area contributed by atoms with Gasteiger partial charge in [-0.15, -0.1) is 0 Å². The minimum atomic E-state index is 0.774. The Morgan fingerprint density at radius 1 is 1.00 bits per heavy atom. The molecule has 3 aliphatic rings. The van der Waals surface area contributed by atoms with Gasteiger partial charge >= 0.3 is 0 Å². The van der Waals surface area contributed by atoms with Crippen LogP contribution in [0.3, 0.4) is 0 Å². The fourth-order valence-corrected chi connectivity index (χ4v) is 3.72. The van der Waals surface area contributed by atoms with Gasteiger partial charge in [-0.25, -0.2) is 0 Å². The van der Waals surface area contributed by atoms with E-state index in [1.54, 1.807) is 0 Å². The zero-order chi connectivity index (χ0) is 10.4. The molecule has 1 N–H and O–H groups in total. The molecule has 2 unspecified atom stereocenters. The van der Waals surface area contributed by atoms with Crippen LogP contribution < -0.4 is 5.32 Å². The molecule has 0 aromatic carbocycles. The van der Waals surface area contributed by atoms with Gasteiger partial charge < -0.3 is 10.2 Å². The van der Waals surface area contributed by atoms with Crippen molar-refractivity contribution < 1.29 is 0 Å². The van der Waals surface area contributed by atoms with E-state index in [-0.39, 0.29) is 0 Å². The molecule has 86 valence electrons. The maximum atomic E-state index is 3.55. The van der Waals surface area contributed by atoms with Crippen molar-refractivity contribution in [2.75, 3.05) is 40.3 Å². The maximum Gasteiger partial charge on any atom is 0.0169 e. The molecule has 1 aliphatic carbocycles. The van der Waals surface area contributed by atoms with Gasteiger partial charge in [0.05, 0.1) is 0 Å². The van der Waals surface area contributed by atoms with Crippen LogP contribution >= 0.6 is 0 Å². The molecule has 2 aliphatic heterocycles. The predicted molar refractivity (Wildman–Crippen MR) is 61.9 cm³/mol. The number of hydrogen-bond acceptors (Lipinski definition) is 3. The van der Waals surface area contributed by atoms with Crippen LogP contribution in [-0.2, 0) is 0 Å². The quantitative estimate of drug-likeness (QED) is 0.702. The van der Waals surface area contributed by atoms with Gasteiger partial charge in [0.15, 0.2) is 0 Å². The Bertz CT molecular complexity index is 223. The summed E-state index contributed by atoms with van der Waals surface area (Å²) in [6.45, 7) is 5.23. The second-order valence-electron chi connectivity index (χ2n) is 5.74. The molecule has 3 nitrogen and oxygen atoms in total. The molecule has 1 saturated carbocycles. The Morgan fingerprint density at radius 3 is 2.07 bits per heavy atom. The first-order valence-electron chi connectivity index (χ1n) is 6.38. The summed E-state index contributed by atoms with van der Waals surface area (Å²) in [5.74, 6) is 1.71. The van der Waals surface area contributed by atoms with E-state index in [0.29, 0.717) is 0 Å². The largest absolute Gasteiger partial charge is 0.316 e. The topological polar surface area (TPSA) is 18.5 Å². The van der Waals surface area contributed by atoms with Crippen molar-refractivity contribution in [1.29, 1.82) is 0 Å². The monoisotopic (exact) mass is 209 g/mol. The van der Waals surface area contributed by atoms with Crippen LogP contribution in [0.1, 0.15) is 12.8 Å². The van der Waals surface area contributed by atoms with Gasteiger partial charge in [0.2, 0.25) is 0 Å². The Hall–Kier alpha value is -0.120. The molecule has 2 atom stereocenters. The number of piperidine rings is 2. The summed E-state index contributed by atoms with van der Waals surface area (Å²) in [6, 6.07) is 1.73. The van der Waals surface area contributed by atoms with Gasteiger partial charge in [-0.1, -0.05) is 0 Å². The number of nitrogens with zero attached hydrogens (tertiary/aromatic N) is 2. The van der Waals surface area contributed by atoms with E-state index in [9.17, 15) is 0 Å². The van der Waals surface area contributed by atoms with Crippen molar-refractivity contribution in [1.82, 2.24) is 15.1 Å². The molecule has 3 heteroatoms. The lowest BCUT2D eigenvalue weighted by atomic mass is 9.79. The van der Waals surface area contributed by atoms with Crippen LogP contribution in [-0.4, -0.2) is 62.2 Å². The standard InChI is InChI=1S/C12H23N3/c1-13-12-9-5-14(2)6-10(12)8-15(7-9)11-3-4-11/h9-13H,3-8H2,1-2H3. The lowest BCUT2D eigenvalue weighted by Gasteiger charge is -2.50. The van der Waals surface area contributed by atoms with E-state index in [1.165, 1.54) is 39.0 Å². The van der Waals surface area contributed by atoms with E-state index < -0.39 is 0 Å². The van der Waals surface area contributed by atoms with Crippen molar-refractivity contribution >= 4 is 0 Å². The second kappa shape index (κ2) is 3.72. The van der Waals surface area contributed by atoms with Gasteiger partial charge in [0.1, 0.15) is 0 Å². The van der Waals surface area contributed by atoms with Crippen molar-refractivity contribution in [2.45, 2.75) is 24.9 Å². The fraction of sp³-hybridized carbons (Fsp3) is 1.00. The molecule has 0 aromatic heterocycles. The highest BCUT2D eigenvalue weighted by Crippen LogP contribution is 2.35. The van der Waals surface area contributed by atoms with Crippen LogP contribution in [0.4, 0.5) is 0 Å². The van der Waals surface area contributed by atoms with Crippen LogP contribution in [0.15, 0.2) is 0 Å². The van der Waals surface area contributed by atoms with Crippen molar-refractivity contribution in [3.05, 3.63) is 0 Å². The minimum Gasteiger partial charge on any atom is -0.316 e. The molecule has 0 aromatic rings. The van der Waals surface area contributed by atoms with Crippen molar-refractivity contribution in [3.8, 4) is 0 Å². The molecule has 0 spiro atoms. The first-order chi connectivity index (χ1) is 7.28. The predicted octanol–water partition coefficient (Wildman–Crippen LogP) is 0.230. The Morgan fingerprint density at radius 2 is 1.60 bits per heavy atom. The number of rotatable bonds is 2. The summed E-state index contributed by atoms with van der Waals surface area (Å²) < 4.78 is 0. The maximum absolute atomic E-state index is 3.55. The smallest absolute Gasteiger partial charge is 0.0169 e. The third-order valence-electron chi connectivity index (χ3n) is 4.44. The molecule has 3 rings (SSSR count). The summed E-state index contributed by atoms with van der Waals surface area (Å²) in [5.41, 5.74) is 0. The molecule has 15 heavy (non-hydrogen) atoms. The van der Waals surface area contributed by atoms with E-state index in [4.69, 9.17) is 0 Å². The molecule has 2 saturated heterocycles. The van der Waals surface area contributed by atoms with Gasteiger partial charge in [-0.2, -0.15) is 0 Å². The zero-order valence-electron chi connectivity index (χ0n) is 9.95. The highest BCUT2D eigenvalue weighted by molar-refractivity contribution is 5.00. The van der Waals surface area contributed by atoms with Crippen LogP contribution in [0.25, 0.3) is 0 Å². The van der Waals surface area contributed by atoms with Gasteiger partial charge in [-0.05, 0) is 38.8 Å². The fourth-order valence-electron chi connectivity index (χ4n) is 3.72. The molecule has 2 bridgehead atoms. The molecule has 3 fully saturated rings.